The summed E-state index contributed by atoms with van der Waals surface area (Å²) in [6.45, 7) is -0.106. The number of benzene rings is 3. The third kappa shape index (κ3) is 5.07. The molecule has 11 nitrogen and oxygen atoms in total. The van der Waals surface area contributed by atoms with E-state index in [1.54, 1.807) is 12.1 Å². The summed E-state index contributed by atoms with van der Waals surface area (Å²) in [6.07, 6.45) is 1.31. The van der Waals surface area contributed by atoms with Crippen LogP contribution >= 0.6 is 11.6 Å². The van der Waals surface area contributed by atoms with Crippen molar-refractivity contribution in [3.05, 3.63) is 82.1 Å². The molecule has 4 aromatic rings. The van der Waals surface area contributed by atoms with Gasteiger partial charge in [-0.3, -0.25) is 29.4 Å². The number of fused-ring (bicyclic) bond motifs is 2. The predicted molar refractivity (Wildman–Crippen MR) is 151 cm³/mol. The van der Waals surface area contributed by atoms with Crippen LogP contribution in [0.2, 0.25) is 5.02 Å². The molecule has 2 aliphatic rings. The highest BCUT2D eigenvalue weighted by atomic mass is 35.5. The van der Waals surface area contributed by atoms with Crippen molar-refractivity contribution in [1.82, 2.24) is 20.2 Å². The average molecular weight is 607 g/mol. The number of methoxy groups -OCH3 is 1. The van der Waals surface area contributed by atoms with Crippen molar-refractivity contribution in [3.63, 3.8) is 0 Å². The zero-order chi connectivity index (χ0) is 30.4. The second-order valence-electron chi connectivity index (χ2n) is 9.84. The van der Waals surface area contributed by atoms with Crippen molar-refractivity contribution in [2.24, 2.45) is 0 Å². The maximum atomic E-state index is 15.2. The Morgan fingerprint density at radius 1 is 1.02 bits per heavy atom. The van der Waals surface area contributed by atoms with Crippen LogP contribution in [0.3, 0.4) is 0 Å². The van der Waals surface area contributed by atoms with Crippen LogP contribution in [-0.2, 0) is 16.1 Å². The van der Waals surface area contributed by atoms with Crippen LogP contribution in [0.1, 0.15) is 39.1 Å². The number of imide groups is 2. The predicted octanol–water partition coefficient (Wildman–Crippen LogP) is 4.33. The first kappa shape index (κ1) is 28.0. The molecule has 0 saturated carbocycles. The van der Waals surface area contributed by atoms with Crippen molar-refractivity contribution >= 4 is 63.3 Å². The zero-order valence-electron chi connectivity index (χ0n) is 22.3. The average Bonchev–Trinajstić information content (AvgIpc) is 3.21. The Hall–Kier alpha value is -5.17. The highest BCUT2D eigenvalue weighted by molar-refractivity contribution is 6.31. The number of carbonyl (C=O) groups is 4. The molecule has 0 bridgehead atoms. The fraction of sp³-hybridized carbons (Fsp3) is 0.172. The molecule has 4 amide bonds. The highest BCUT2D eigenvalue weighted by Crippen LogP contribution is 2.35. The third-order valence-corrected chi connectivity index (χ3v) is 7.50. The minimum Gasteiger partial charge on any atom is -0.495 e. The lowest BCUT2D eigenvalue weighted by molar-refractivity contribution is -0.136. The molecule has 1 atom stereocenters. The first-order valence-electron chi connectivity index (χ1n) is 13.0. The van der Waals surface area contributed by atoms with Crippen molar-refractivity contribution in [1.29, 1.82) is 0 Å². The fourth-order valence-corrected chi connectivity index (χ4v) is 5.24. The van der Waals surface area contributed by atoms with Crippen LogP contribution in [0.15, 0.2) is 48.8 Å². The molecule has 1 fully saturated rings. The fourth-order valence-electron chi connectivity index (χ4n) is 5.06. The van der Waals surface area contributed by atoms with E-state index >= 15 is 4.39 Å². The summed E-state index contributed by atoms with van der Waals surface area (Å²) in [6, 6.07) is 8.56. The van der Waals surface area contributed by atoms with Gasteiger partial charge < -0.3 is 15.4 Å². The van der Waals surface area contributed by atoms with Gasteiger partial charge in [-0.2, -0.15) is 0 Å². The van der Waals surface area contributed by atoms with Gasteiger partial charge in [0.15, 0.2) is 0 Å². The summed E-state index contributed by atoms with van der Waals surface area (Å²) in [5, 5.41) is 8.80. The summed E-state index contributed by atoms with van der Waals surface area (Å²) >= 11 is 5.91. The lowest BCUT2D eigenvalue weighted by Gasteiger charge is -2.27. The van der Waals surface area contributed by atoms with Crippen molar-refractivity contribution in [2.75, 3.05) is 17.7 Å². The number of nitrogens with zero attached hydrogens (tertiary/aromatic N) is 3. The number of ether oxygens (including phenoxy) is 1. The highest BCUT2D eigenvalue weighted by Gasteiger charge is 2.45. The smallest absolute Gasteiger partial charge is 0.262 e. The first-order chi connectivity index (χ1) is 20.6. The number of nitrogens with one attached hydrogen (secondary N) is 3. The molecule has 43 heavy (non-hydrogen) atoms. The van der Waals surface area contributed by atoms with E-state index in [2.05, 4.69) is 25.9 Å². The summed E-state index contributed by atoms with van der Waals surface area (Å²) in [4.78, 5) is 59.3. The number of amides is 4. The van der Waals surface area contributed by atoms with Gasteiger partial charge in [-0.25, -0.2) is 18.7 Å². The van der Waals surface area contributed by atoms with Gasteiger partial charge in [0.2, 0.25) is 11.8 Å². The molecule has 218 valence electrons. The van der Waals surface area contributed by atoms with Gasteiger partial charge in [-0.15, -0.1) is 0 Å². The lowest BCUT2D eigenvalue weighted by Crippen LogP contribution is -2.54. The number of halogens is 3. The normalized spacial score (nSPS) is 16.4. The molecule has 1 saturated heterocycles. The molecule has 3 aromatic carbocycles. The Morgan fingerprint density at radius 2 is 1.79 bits per heavy atom. The molecule has 3 heterocycles. The summed E-state index contributed by atoms with van der Waals surface area (Å²) in [7, 11) is 1.46. The van der Waals surface area contributed by atoms with E-state index in [4.69, 9.17) is 16.3 Å². The minimum absolute atomic E-state index is 0.0104. The SMILES string of the molecule is COc1cc2ncnc(Nc3ccc(F)c(Cl)c3)c2cc1NCc1cc2c(cc1F)C(=O)N(C1CCC(=O)NC1=O)C2=O. The molecule has 0 aliphatic carbocycles. The summed E-state index contributed by atoms with van der Waals surface area (Å²) < 4.78 is 34.3. The Bertz CT molecular complexity index is 1870. The van der Waals surface area contributed by atoms with E-state index in [1.807, 2.05) is 0 Å². The number of hydrogen-bond acceptors (Lipinski definition) is 9. The van der Waals surface area contributed by atoms with E-state index in [9.17, 15) is 23.6 Å². The molecule has 2 aliphatic heterocycles. The molecular formula is C29H21ClF2N6O5. The van der Waals surface area contributed by atoms with Crippen LogP contribution in [0.4, 0.5) is 26.0 Å². The maximum absolute atomic E-state index is 15.2. The van der Waals surface area contributed by atoms with Crippen molar-refractivity contribution in [3.8, 4) is 5.75 Å². The number of piperidine rings is 1. The largest absolute Gasteiger partial charge is 0.495 e. The summed E-state index contributed by atoms with van der Waals surface area (Å²) in [5.74, 6) is -3.31. The third-order valence-electron chi connectivity index (χ3n) is 7.21. The van der Waals surface area contributed by atoms with Gasteiger partial charge in [0.05, 0.1) is 34.5 Å². The van der Waals surface area contributed by atoms with Gasteiger partial charge in [-0.05, 0) is 42.8 Å². The Balaban J connectivity index is 1.28. The van der Waals surface area contributed by atoms with Crippen molar-refractivity contribution in [2.45, 2.75) is 25.4 Å². The standard InChI is InChI=1S/C29H21ClF2N6O5/c1-43-24-10-21-17(26(35-12-34-21)36-14-2-3-19(31)18(30)7-14)9-22(24)33-11-13-6-15-16(8-20(13)32)29(42)38(28(15)41)23-4-5-25(39)37-27(23)40/h2-3,6-10,12,23,33H,4-5,11H2,1H3,(H,34,35,36)(H,37,39,40). The quantitative estimate of drug-likeness (QED) is 0.262. The second-order valence-corrected chi connectivity index (χ2v) is 10.2. The van der Waals surface area contributed by atoms with Gasteiger partial charge >= 0.3 is 0 Å². The molecule has 3 N–H and O–H groups in total. The topological polar surface area (TPSA) is 143 Å². The van der Waals surface area contributed by atoms with Crippen LogP contribution in [0, 0.1) is 11.6 Å². The van der Waals surface area contributed by atoms with Crippen LogP contribution in [-0.4, -0.2) is 51.6 Å². The number of aromatic nitrogens is 2. The molecule has 6 rings (SSSR count). The van der Waals surface area contributed by atoms with E-state index in [-0.39, 0.29) is 41.1 Å². The molecule has 14 heteroatoms. The Morgan fingerprint density at radius 3 is 2.51 bits per heavy atom. The van der Waals surface area contributed by atoms with Gasteiger partial charge in [0.25, 0.3) is 11.8 Å². The molecule has 1 unspecified atom stereocenters. The van der Waals surface area contributed by atoms with E-state index < -0.39 is 41.3 Å². The molecular weight excluding hydrogens is 586 g/mol. The summed E-state index contributed by atoms with van der Waals surface area (Å²) in [5.41, 5.74) is 1.33. The van der Waals surface area contributed by atoms with E-state index in [0.717, 1.165) is 11.0 Å². The molecule has 1 aromatic heterocycles. The zero-order valence-corrected chi connectivity index (χ0v) is 23.1. The van der Waals surface area contributed by atoms with E-state index in [1.165, 1.54) is 37.7 Å². The monoisotopic (exact) mass is 606 g/mol. The number of rotatable bonds is 7. The second kappa shape index (κ2) is 10.9. The van der Waals surface area contributed by atoms with Crippen LogP contribution in [0.5, 0.6) is 5.75 Å². The van der Waals surface area contributed by atoms with E-state index in [0.29, 0.717) is 33.8 Å². The Labute approximate surface area is 247 Å². The van der Waals surface area contributed by atoms with Gasteiger partial charge in [0.1, 0.15) is 35.6 Å². The van der Waals surface area contributed by atoms with Gasteiger partial charge in [0, 0.05) is 35.7 Å². The van der Waals surface area contributed by atoms with Crippen LogP contribution < -0.4 is 20.7 Å². The molecule has 0 spiro atoms. The minimum atomic E-state index is -1.16. The maximum Gasteiger partial charge on any atom is 0.262 e. The van der Waals surface area contributed by atoms with Crippen molar-refractivity contribution < 1.29 is 32.7 Å². The first-order valence-corrected chi connectivity index (χ1v) is 13.3. The number of anilines is 3. The Kier molecular flexibility index (Phi) is 7.10. The lowest BCUT2D eigenvalue weighted by atomic mass is 10.0. The number of hydrogen-bond donors (Lipinski definition) is 3. The molecule has 0 radical (unpaired) electrons. The van der Waals surface area contributed by atoms with Gasteiger partial charge in [-0.1, -0.05) is 11.6 Å². The number of carbonyl (C=O) groups excluding carboxylic acids is 4. The van der Waals surface area contributed by atoms with Crippen LogP contribution in [0.25, 0.3) is 10.9 Å².